The van der Waals surface area contributed by atoms with Gasteiger partial charge in [-0.3, -0.25) is 9.59 Å². The molecule has 0 aliphatic heterocycles. The second-order valence-corrected chi connectivity index (χ2v) is 7.95. The molecule has 1 fully saturated rings. The van der Waals surface area contributed by atoms with Gasteiger partial charge in [-0.25, -0.2) is 4.98 Å². The fourth-order valence-corrected chi connectivity index (χ4v) is 4.83. The van der Waals surface area contributed by atoms with Crippen molar-refractivity contribution in [2.45, 2.75) is 43.9 Å². The number of thioether (sulfide) groups is 1. The van der Waals surface area contributed by atoms with Crippen LogP contribution in [0.15, 0.2) is 4.79 Å². The number of aryl methyl sites for hydroxylation is 2. The highest BCUT2D eigenvalue weighted by molar-refractivity contribution is 7.99. The summed E-state index contributed by atoms with van der Waals surface area (Å²) in [6.45, 7) is 0. The number of hydrogen-bond acceptors (Lipinski definition) is 5. The molecule has 0 radical (unpaired) electrons. The van der Waals surface area contributed by atoms with Crippen molar-refractivity contribution in [1.29, 1.82) is 0 Å². The molecule has 1 amide bonds. The van der Waals surface area contributed by atoms with Crippen molar-refractivity contribution in [1.82, 2.24) is 15.3 Å². The minimum atomic E-state index is -0.0255. The average molecular weight is 335 g/mol. The van der Waals surface area contributed by atoms with Crippen molar-refractivity contribution in [3.63, 3.8) is 0 Å². The molecule has 0 saturated heterocycles. The third-order valence-electron chi connectivity index (χ3n) is 4.04. The summed E-state index contributed by atoms with van der Waals surface area (Å²) in [5.74, 6) is 1.72. The molecular formula is C15H17N3O2S2. The molecule has 7 heteroatoms. The summed E-state index contributed by atoms with van der Waals surface area (Å²) >= 11 is 3.14. The molecule has 5 nitrogen and oxygen atoms in total. The lowest BCUT2D eigenvalue weighted by atomic mass is 10.2. The van der Waals surface area contributed by atoms with Crippen molar-refractivity contribution in [2.24, 2.45) is 0 Å². The van der Waals surface area contributed by atoms with Gasteiger partial charge in [0.05, 0.1) is 16.9 Å². The lowest BCUT2D eigenvalue weighted by Crippen LogP contribution is -2.27. The molecule has 0 unspecified atom stereocenters. The molecule has 2 aliphatic carbocycles. The van der Waals surface area contributed by atoms with Gasteiger partial charge in [0.25, 0.3) is 5.56 Å². The highest BCUT2D eigenvalue weighted by atomic mass is 32.2. The van der Waals surface area contributed by atoms with Gasteiger partial charge in [-0.15, -0.1) is 23.1 Å². The van der Waals surface area contributed by atoms with Crippen LogP contribution in [0.2, 0.25) is 0 Å². The summed E-state index contributed by atoms with van der Waals surface area (Å²) in [6.07, 6.45) is 5.41. The normalized spacial score (nSPS) is 16.9. The van der Waals surface area contributed by atoms with E-state index in [2.05, 4.69) is 15.3 Å². The Morgan fingerprint density at radius 2 is 2.27 bits per heavy atom. The smallest absolute Gasteiger partial charge is 0.259 e. The number of amides is 1. The summed E-state index contributed by atoms with van der Waals surface area (Å²) in [4.78, 5) is 33.6. The Labute approximate surface area is 135 Å². The Morgan fingerprint density at radius 3 is 3.09 bits per heavy atom. The number of nitrogens with zero attached hydrogens (tertiary/aromatic N) is 1. The van der Waals surface area contributed by atoms with Crippen LogP contribution in [0.4, 0.5) is 0 Å². The lowest BCUT2D eigenvalue weighted by molar-refractivity contribution is -0.118. The van der Waals surface area contributed by atoms with Crippen LogP contribution < -0.4 is 10.9 Å². The molecule has 2 aromatic heterocycles. The highest BCUT2D eigenvalue weighted by Gasteiger charge is 2.23. The molecule has 0 spiro atoms. The molecule has 0 atom stereocenters. The van der Waals surface area contributed by atoms with Gasteiger partial charge in [0.15, 0.2) is 0 Å². The first kappa shape index (κ1) is 14.3. The molecule has 22 heavy (non-hydrogen) atoms. The molecule has 4 rings (SSSR count). The van der Waals surface area contributed by atoms with E-state index >= 15 is 0 Å². The monoisotopic (exact) mass is 335 g/mol. The van der Waals surface area contributed by atoms with E-state index in [1.807, 2.05) is 0 Å². The number of carbonyl (C=O) groups excluding carboxylic acids is 1. The number of aromatic nitrogens is 2. The summed E-state index contributed by atoms with van der Waals surface area (Å²) in [5, 5.41) is 3.75. The molecule has 2 aliphatic rings. The van der Waals surface area contributed by atoms with Crippen molar-refractivity contribution in [3.8, 4) is 0 Å². The van der Waals surface area contributed by atoms with Crippen LogP contribution in [-0.4, -0.2) is 27.7 Å². The first-order chi connectivity index (χ1) is 10.7. The summed E-state index contributed by atoms with van der Waals surface area (Å²) in [5.41, 5.74) is 1.18. The SMILES string of the molecule is O=C(CSCc1nc2sc3c(c2c(=O)[nH]1)CCC3)NC1CC1. The first-order valence-corrected chi connectivity index (χ1v) is 9.58. The van der Waals surface area contributed by atoms with E-state index in [0.29, 0.717) is 23.4 Å². The van der Waals surface area contributed by atoms with Gasteiger partial charge >= 0.3 is 0 Å². The topological polar surface area (TPSA) is 74.8 Å². The predicted octanol–water partition coefficient (Wildman–Crippen LogP) is 1.99. The van der Waals surface area contributed by atoms with Gasteiger partial charge in [0.1, 0.15) is 10.7 Å². The fraction of sp³-hybridized carbons (Fsp3) is 0.533. The second kappa shape index (κ2) is 5.70. The number of carbonyl (C=O) groups is 1. The Kier molecular flexibility index (Phi) is 3.69. The van der Waals surface area contributed by atoms with Crippen LogP contribution >= 0.6 is 23.1 Å². The molecule has 0 bridgehead atoms. The fourth-order valence-electron chi connectivity index (χ4n) is 2.85. The van der Waals surface area contributed by atoms with Crippen molar-refractivity contribution >= 4 is 39.2 Å². The highest BCUT2D eigenvalue weighted by Crippen LogP contribution is 2.34. The van der Waals surface area contributed by atoms with Gasteiger partial charge in [-0.2, -0.15) is 0 Å². The summed E-state index contributed by atoms with van der Waals surface area (Å²) in [6, 6.07) is 0.399. The van der Waals surface area contributed by atoms with E-state index in [1.165, 1.54) is 22.2 Å². The predicted molar refractivity (Wildman–Crippen MR) is 89.6 cm³/mol. The maximum absolute atomic E-state index is 12.3. The lowest BCUT2D eigenvalue weighted by Gasteiger charge is -2.03. The van der Waals surface area contributed by atoms with Crippen molar-refractivity contribution in [2.75, 3.05) is 5.75 Å². The number of thiophene rings is 1. The Bertz CT molecular complexity index is 792. The summed E-state index contributed by atoms with van der Waals surface area (Å²) in [7, 11) is 0. The van der Waals surface area contributed by atoms with E-state index in [4.69, 9.17) is 0 Å². The molecular weight excluding hydrogens is 318 g/mol. The minimum absolute atomic E-state index is 0.0255. The van der Waals surface area contributed by atoms with Crippen LogP contribution in [0.25, 0.3) is 10.2 Å². The quantitative estimate of drug-likeness (QED) is 0.876. The van der Waals surface area contributed by atoms with E-state index in [9.17, 15) is 9.59 Å². The maximum Gasteiger partial charge on any atom is 0.259 e. The first-order valence-electron chi connectivity index (χ1n) is 7.61. The minimum Gasteiger partial charge on any atom is -0.353 e. The van der Waals surface area contributed by atoms with Crippen molar-refractivity contribution in [3.05, 3.63) is 26.6 Å². The van der Waals surface area contributed by atoms with Gasteiger partial charge in [-0.1, -0.05) is 0 Å². The Hall–Kier alpha value is -1.34. The number of aromatic amines is 1. The molecule has 2 aromatic rings. The summed E-state index contributed by atoms with van der Waals surface area (Å²) < 4.78 is 0. The second-order valence-electron chi connectivity index (χ2n) is 5.88. The van der Waals surface area contributed by atoms with Gasteiger partial charge in [0.2, 0.25) is 5.91 Å². The van der Waals surface area contributed by atoms with Crippen LogP contribution in [-0.2, 0) is 23.4 Å². The van der Waals surface area contributed by atoms with Gasteiger partial charge < -0.3 is 10.3 Å². The zero-order chi connectivity index (χ0) is 15.1. The van der Waals surface area contributed by atoms with Crippen LogP contribution in [0.1, 0.15) is 35.5 Å². The molecule has 1 saturated carbocycles. The number of hydrogen-bond donors (Lipinski definition) is 2. The van der Waals surface area contributed by atoms with Crippen LogP contribution in [0.5, 0.6) is 0 Å². The molecule has 0 aromatic carbocycles. The van der Waals surface area contributed by atoms with E-state index in [-0.39, 0.29) is 11.5 Å². The van der Waals surface area contributed by atoms with Crippen LogP contribution in [0.3, 0.4) is 0 Å². The molecule has 2 heterocycles. The molecule has 2 N–H and O–H groups in total. The zero-order valence-electron chi connectivity index (χ0n) is 12.1. The number of fused-ring (bicyclic) bond motifs is 3. The standard InChI is InChI=1S/C15H17N3O2S2/c19-12(16-8-4-5-8)7-21-6-11-17-14(20)13-9-2-1-3-10(9)22-15(13)18-11/h8H,1-7H2,(H,16,19)(H,17,18,20). The van der Waals surface area contributed by atoms with E-state index in [0.717, 1.165) is 42.3 Å². The number of H-pyrrole nitrogens is 1. The maximum atomic E-state index is 12.3. The van der Waals surface area contributed by atoms with Gasteiger partial charge in [-0.05, 0) is 37.7 Å². The van der Waals surface area contributed by atoms with E-state index in [1.54, 1.807) is 11.3 Å². The van der Waals surface area contributed by atoms with E-state index < -0.39 is 0 Å². The van der Waals surface area contributed by atoms with Crippen LogP contribution in [0, 0.1) is 0 Å². The number of rotatable bonds is 5. The Morgan fingerprint density at radius 1 is 1.41 bits per heavy atom. The zero-order valence-corrected chi connectivity index (χ0v) is 13.7. The largest absolute Gasteiger partial charge is 0.353 e. The Balaban J connectivity index is 1.46. The average Bonchev–Trinajstić information content (AvgIpc) is 3.03. The third kappa shape index (κ3) is 2.79. The number of nitrogens with one attached hydrogen (secondary N) is 2. The van der Waals surface area contributed by atoms with Gasteiger partial charge in [0, 0.05) is 10.9 Å². The molecule has 116 valence electrons. The van der Waals surface area contributed by atoms with Crippen molar-refractivity contribution < 1.29 is 4.79 Å². The third-order valence-corrected chi connectivity index (χ3v) is 6.17.